The van der Waals surface area contributed by atoms with Gasteiger partial charge in [-0.05, 0) is 18.2 Å². The van der Waals surface area contributed by atoms with Crippen LogP contribution in [0.2, 0.25) is 0 Å². The van der Waals surface area contributed by atoms with E-state index in [9.17, 15) is 19.6 Å². The highest BCUT2D eigenvalue weighted by atomic mass is 32.2. The molecule has 7 heteroatoms. The molecule has 0 fully saturated rings. The minimum absolute atomic E-state index is 0.193. The lowest BCUT2D eigenvalue weighted by atomic mass is 10.1. The molecular weight excluding hydrogens is 346 g/mol. The third-order valence-corrected chi connectivity index (χ3v) is 5.79. The van der Waals surface area contributed by atoms with Crippen molar-refractivity contribution in [3.63, 3.8) is 0 Å². The predicted octanol–water partition coefficient (Wildman–Crippen LogP) is 3.21. The molecule has 3 aromatic rings. The van der Waals surface area contributed by atoms with Crippen LogP contribution in [0, 0.1) is 0 Å². The van der Waals surface area contributed by atoms with Crippen LogP contribution in [0.5, 0.6) is 11.5 Å². The van der Waals surface area contributed by atoms with Crippen molar-refractivity contribution in [2.75, 3.05) is 5.75 Å². The van der Waals surface area contributed by atoms with Crippen molar-refractivity contribution in [3.8, 4) is 22.8 Å². The van der Waals surface area contributed by atoms with Crippen LogP contribution in [0.25, 0.3) is 11.3 Å². The standard InChI is InChI=1S/C17H13NO4S2/c19-14-7-6-12(8-15(14)20)16(21)10-24(22)17-18-13(9-23-17)11-4-2-1-3-5-11/h1-9,19-20H,10H2. The quantitative estimate of drug-likeness (QED) is 0.414. The Morgan fingerprint density at radius 2 is 1.88 bits per heavy atom. The highest BCUT2D eigenvalue weighted by Crippen LogP contribution is 2.27. The summed E-state index contributed by atoms with van der Waals surface area (Å²) in [6.07, 6.45) is 0. The Kier molecular flexibility index (Phi) is 4.84. The molecule has 1 heterocycles. The van der Waals surface area contributed by atoms with Gasteiger partial charge < -0.3 is 14.8 Å². The Labute approximate surface area is 145 Å². The van der Waals surface area contributed by atoms with E-state index in [-0.39, 0.29) is 28.6 Å². The first-order valence-electron chi connectivity index (χ1n) is 6.99. The second kappa shape index (κ2) is 7.04. The molecular formula is C17H13NO4S2. The average Bonchev–Trinajstić information content (AvgIpc) is 3.08. The molecule has 1 aromatic heterocycles. The lowest BCUT2D eigenvalue weighted by molar-refractivity contribution is 0.102. The van der Waals surface area contributed by atoms with Crippen molar-refractivity contribution in [1.82, 2.24) is 4.98 Å². The summed E-state index contributed by atoms with van der Waals surface area (Å²) in [6, 6.07) is 13.3. The molecule has 0 aliphatic carbocycles. The van der Waals surface area contributed by atoms with E-state index in [1.54, 1.807) is 5.38 Å². The van der Waals surface area contributed by atoms with Crippen LogP contribution >= 0.6 is 11.3 Å². The number of aromatic hydroxyl groups is 2. The summed E-state index contributed by atoms with van der Waals surface area (Å²) in [5, 5.41) is 20.5. The van der Waals surface area contributed by atoms with E-state index in [2.05, 4.69) is 4.98 Å². The van der Waals surface area contributed by atoms with E-state index in [4.69, 9.17) is 0 Å². The first-order chi connectivity index (χ1) is 11.5. The van der Waals surface area contributed by atoms with Crippen LogP contribution in [0.4, 0.5) is 0 Å². The highest BCUT2D eigenvalue weighted by molar-refractivity contribution is 7.94. The number of hydrogen-bond acceptors (Lipinski definition) is 6. The van der Waals surface area contributed by atoms with Gasteiger partial charge in [-0.2, -0.15) is 4.98 Å². The number of ketones is 1. The predicted molar refractivity (Wildman–Crippen MR) is 92.9 cm³/mol. The van der Waals surface area contributed by atoms with Crippen molar-refractivity contribution in [1.29, 1.82) is 0 Å². The van der Waals surface area contributed by atoms with Gasteiger partial charge in [0, 0.05) is 27.7 Å². The van der Waals surface area contributed by atoms with Crippen molar-refractivity contribution in [2.24, 2.45) is 0 Å². The Morgan fingerprint density at radius 1 is 1.12 bits per heavy atom. The van der Waals surface area contributed by atoms with Crippen molar-refractivity contribution in [2.45, 2.75) is 4.34 Å². The van der Waals surface area contributed by atoms with Crippen molar-refractivity contribution < 1.29 is 19.6 Å². The number of benzene rings is 2. The summed E-state index contributed by atoms with van der Waals surface area (Å²) in [5.41, 5.74) is 1.84. The molecule has 0 aliphatic rings. The summed E-state index contributed by atoms with van der Waals surface area (Å²) in [6.45, 7) is 0. The first kappa shape index (κ1) is 16.5. The number of thiazole rings is 1. The zero-order valence-electron chi connectivity index (χ0n) is 12.4. The molecule has 3 rings (SSSR count). The number of Topliss-reactive ketones (excluding diaryl/α,β-unsaturated/α-hetero) is 1. The van der Waals surface area contributed by atoms with Crippen LogP contribution in [0.1, 0.15) is 10.4 Å². The third-order valence-electron chi connectivity index (χ3n) is 3.31. The molecule has 0 amide bonds. The zero-order valence-corrected chi connectivity index (χ0v) is 14.0. The van der Waals surface area contributed by atoms with Gasteiger partial charge in [0.1, 0.15) is 0 Å². The first-order valence-corrected chi connectivity index (χ1v) is 9.19. The number of hydrogen-bond donors (Lipinski definition) is 2. The van der Waals surface area contributed by atoms with Gasteiger partial charge in [-0.1, -0.05) is 41.7 Å². The van der Waals surface area contributed by atoms with Gasteiger partial charge >= 0.3 is 4.34 Å². The van der Waals surface area contributed by atoms with Gasteiger partial charge in [0.25, 0.3) is 0 Å². The maximum Gasteiger partial charge on any atom is 0.302 e. The van der Waals surface area contributed by atoms with Crippen LogP contribution < -0.4 is 0 Å². The second-order valence-corrected chi connectivity index (χ2v) is 7.46. The molecule has 0 saturated heterocycles. The summed E-state index contributed by atoms with van der Waals surface area (Å²) in [7, 11) is 0. The molecule has 0 bridgehead atoms. The summed E-state index contributed by atoms with van der Waals surface area (Å²) in [4.78, 5) is 16.5. The topological polar surface area (TPSA) is 93.5 Å². The van der Waals surface area contributed by atoms with Gasteiger partial charge in [-0.15, -0.1) is 0 Å². The van der Waals surface area contributed by atoms with E-state index in [1.807, 2.05) is 30.3 Å². The number of phenolic OH excluding ortho intramolecular Hbond substituents is 2. The Morgan fingerprint density at radius 3 is 2.58 bits per heavy atom. The molecule has 1 unspecified atom stereocenters. The second-order valence-electron chi connectivity index (χ2n) is 4.98. The van der Waals surface area contributed by atoms with Crippen molar-refractivity contribution in [3.05, 3.63) is 59.5 Å². The Hall–Kier alpha value is -2.35. The fourth-order valence-corrected chi connectivity index (χ4v) is 4.10. The van der Waals surface area contributed by atoms with Crippen LogP contribution in [0.15, 0.2) is 58.3 Å². The molecule has 5 nitrogen and oxygen atoms in total. The van der Waals surface area contributed by atoms with Gasteiger partial charge in [-0.25, -0.2) is 0 Å². The number of carbonyl (C=O) groups excluding carboxylic acids is 1. The van der Waals surface area contributed by atoms with Gasteiger partial charge in [0.05, 0.1) is 5.69 Å². The Balaban J connectivity index is 1.73. The van der Waals surface area contributed by atoms with Gasteiger partial charge in [0.2, 0.25) is 5.78 Å². The fraction of sp³-hybridized carbons (Fsp3) is 0.0588. The molecule has 2 N–H and O–H groups in total. The molecule has 0 radical (unpaired) electrons. The van der Waals surface area contributed by atoms with E-state index >= 15 is 0 Å². The smallest absolute Gasteiger partial charge is 0.302 e. The van der Waals surface area contributed by atoms with Crippen molar-refractivity contribution >= 4 is 28.3 Å². The summed E-state index contributed by atoms with van der Waals surface area (Å²) in [5.74, 6) is -1.31. The average molecular weight is 359 g/mol. The number of aromatic nitrogens is 1. The van der Waals surface area contributed by atoms with E-state index in [1.165, 1.54) is 23.5 Å². The molecule has 122 valence electrons. The van der Waals surface area contributed by atoms with Gasteiger partial charge in [0.15, 0.2) is 17.3 Å². The monoisotopic (exact) mass is 359 g/mol. The zero-order chi connectivity index (χ0) is 17.1. The van der Waals surface area contributed by atoms with E-state index in [0.29, 0.717) is 4.34 Å². The highest BCUT2D eigenvalue weighted by Gasteiger charge is 2.22. The van der Waals surface area contributed by atoms with E-state index in [0.717, 1.165) is 17.3 Å². The minimum atomic E-state index is -1.57. The minimum Gasteiger partial charge on any atom is -0.609 e. The van der Waals surface area contributed by atoms with Gasteiger partial charge in [-0.3, -0.25) is 4.79 Å². The van der Waals surface area contributed by atoms with Crippen LogP contribution in [-0.4, -0.2) is 31.3 Å². The number of nitrogens with zero attached hydrogens (tertiary/aromatic N) is 1. The molecule has 24 heavy (non-hydrogen) atoms. The number of rotatable bonds is 5. The van der Waals surface area contributed by atoms with Crippen LogP contribution in [-0.2, 0) is 11.2 Å². The third kappa shape index (κ3) is 3.59. The largest absolute Gasteiger partial charge is 0.609 e. The number of phenols is 2. The number of carbonyl (C=O) groups is 1. The summed E-state index contributed by atoms with van der Waals surface area (Å²) >= 11 is -0.323. The molecule has 1 atom stereocenters. The lowest BCUT2D eigenvalue weighted by Gasteiger charge is -2.07. The lowest BCUT2D eigenvalue weighted by Crippen LogP contribution is -2.16. The fourth-order valence-electron chi connectivity index (χ4n) is 2.06. The molecule has 0 aliphatic heterocycles. The molecule has 2 aromatic carbocycles. The summed E-state index contributed by atoms with van der Waals surface area (Å²) < 4.78 is 12.7. The normalized spacial score (nSPS) is 12.0. The maximum atomic E-state index is 12.4. The van der Waals surface area contributed by atoms with Crippen LogP contribution in [0.3, 0.4) is 0 Å². The molecule has 0 spiro atoms. The van der Waals surface area contributed by atoms with E-state index < -0.39 is 11.2 Å². The molecule has 0 saturated carbocycles. The Bertz CT molecular complexity index is 864. The SMILES string of the molecule is O=C(C[S+]([O-])c1nc(-c2ccccc2)cs1)c1ccc(O)c(O)c1. The maximum absolute atomic E-state index is 12.4.